The number of hydrogen-bond acceptors (Lipinski definition) is 3. The van der Waals surface area contributed by atoms with Crippen LogP contribution in [0.4, 0.5) is 0 Å². The predicted molar refractivity (Wildman–Crippen MR) is 75.1 cm³/mol. The third kappa shape index (κ3) is 3.65. The molecular weight excluding hydrogens is 292 g/mol. The molecule has 0 aliphatic heterocycles. The van der Waals surface area contributed by atoms with Gasteiger partial charge in [-0.2, -0.15) is 0 Å². The summed E-state index contributed by atoms with van der Waals surface area (Å²) in [6.07, 6.45) is 3.78. The topological polar surface area (TPSA) is 56.7 Å². The molecule has 4 nitrogen and oxygen atoms in total. The predicted octanol–water partition coefficient (Wildman–Crippen LogP) is 1.94. The maximum absolute atomic E-state index is 5.85. The van der Waals surface area contributed by atoms with Gasteiger partial charge in [-0.15, -0.1) is 5.10 Å². The Kier molecular flexibility index (Phi) is 4.49. The summed E-state index contributed by atoms with van der Waals surface area (Å²) in [4.78, 5) is 0. The maximum atomic E-state index is 5.85. The van der Waals surface area contributed by atoms with E-state index in [0.717, 1.165) is 23.0 Å². The lowest BCUT2D eigenvalue weighted by Gasteiger charge is -2.13. The van der Waals surface area contributed by atoms with Crippen molar-refractivity contribution in [1.82, 2.24) is 15.0 Å². The summed E-state index contributed by atoms with van der Waals surface area (Å²) in [6.45, 7) is 0.656. The van der Waals surface area contributed by atoms with Gasteiger partial charge in [-0.05, 0) is 43.0 Å². The first-order valence-electron chi connectivity index (χ1n) is 5.97. The SMILES string of the molecule is Cn1cc(CC(CN)Cc2cccc(Br)c2)nn1. The van der Waals surface area contributed by atoms with Crippen LogP contribution in [0.25, 0.3) is 0 Å². The summed E-state index contributed by atoms with van der Waals surface area (Å²) in [7, 11) is 1.88. The van der Waals surface area contributed by atoms with Crippen LogP contribution < -0.4 is 5.73 Å². The second kappa shape index (κ2) is 6.11. The van der Waals surface area contributed by atoms with E-state index in [1.165, 1.54) is 5.56 Å². The highest BCUT2D eigenvalue weighted by molar-refractivity contribution is 9.10. The average molecular weight is 309 g/mol. The van der Waals surface area contributed by atoms with Gasteiger partial charge in [0.25, 0.3) is 0 Å². The molecule has 2 aromatic rings. The Labute approximate surface area is 115 Å². The third-order valence-electron chi connectivity index (χ3n) is 2.89. The smallest absolute Gasteiger partial charge is 0.0830 e. The lowest BCUT2D eigenvalue weighted by molar-refractivity contribution is 0.526. The number of aryl methyl sites for hydroxylation is 1. The van der Waals surface area contributed by atoms with Gasteiger partial charge in [0.05, 0.1) is 5.69 Å². The van der Waals surface area contributed by atoms with E-state index in [2.05, 4.69) is 44.4 Å². The van der Waals surface area contributed by atoms with Crippen molar-refractivity contribution < 1.29 is 0 Å². The molecule has 1 heterocycles. The second-order valence-electron chi connectivity index (χ2n) is 4.52. The second-order valence-corrected chi connectivity index (χ2v) is 5.44. The van der Waals surface area contributed by atoms with Crippen molar-refractivity contribution in [2.24, 2.45) is 18.7 Å². The molecule has 1 unspecified atom stereocenters. The standard InChI is InChI=1S/C13H17BrN4/c1-18-9-13(16-17-18)7-11(8-15)5-10-3-2-4-12(14)6-10/h2-4,6,9,11H,5,7-8,15H2,1H3. The van der Waals surface area contributed by atoms with Crippen LogP contribution >= 0.6 is 15.9 Å². The highest BCUT2D eigenvalue weighted by Crippen LogP contribution is 2.16. The third-order valence-corrected chi connectivity index (χ3v) is 3.39. The van der Waals surface area contributed by atoms with Gasteiger partial charge in [-0.3, -0.25) is 4.68 Å². The van der Waals surface area contributed by atoms with Gasteiger partial charge in [-0.25, -0.2) is 0 Å². The van der Waals surface area contributed by atoms with Crippen molar-refractivity contribution >= 4 is 15.9 Å². The molecule has 0 radical (unpaired) electrons. The van der Waals surface area contributed by atoms with Crippen molar-refractivity contribution in [3.05, 3.63) is 46.2 Å². The van der Waals surface area contributed by atoms with Crippen molar-refractivity contribution in [3.63, 3.8) is 0 Å². The van der Waals surface area contributed by atoms with Gasteiger partial charge in [0.15, 0.2) is 0 Å². The largest absolute Gasteiger partial charge is 0.330 e. The van der Waals surface area contributed by atoms with Gasteiger partial charge >= 0.3 is 0 Å². The molecule has 0 bridgehead atoms. The molecule has 1 aromatic carbocycles. The van der Waals surface area contributed by atoms with Crippen LogP contribution in [0.5, 0.6) is 0 Å². The zero-order valence-corrected chi connectivity index (χ0v) is 12.0. The number of nitrogens with zero attached hydrogens (tertiary/aromatic N) is 3. The van der Waals surface area contributed by atoms with E-state index in [4.69, 9.17) is 5.73 Å². The first kappa shape index (κ1) is 13.2. The Morgan fingerprint density at radius 2 is 2.22 bits per heavy atom. The molecule has 18 heavy (non-hydrogen) atoms. The Balaban J connectivity index is 2.01. The van der Waals surface area contributed by atoms with E-state index in [-0.39, 0.29) is 0 Å². The molecular formula is C13H17BrN4. The Morgan fingerprint density at radius 3 is 2.83 bits per heavy atom. The van der Waals surface area contributed by atoms with Gasteiger partial charge in [0.1, 0.15) is 0 Å². The summed E-state index contributed by atoms with van der Waals surface area (Å²) in [5.41, 5.74) is 8.14. The van der Waals surface area contributed by atoms with E-state index >= 15 is 0 Å². The van der Waals surface area contributed by atoms with Gasteiger partial charge in [0.2, 0.25) is 0 Å². The molecule has 96 valence electrons. The highest BCUT2D eigenvalue weighted by Gasteiger charge is 2.11. The minimum absolute atomic E-state index is 0.399. The first-order chi connectivity index (χ1) is 8.67. The number of halogens is 1. The minimum atomic E-state index is 0.399. The van der Waals surface area contributed by atoms with E-state index in [9.17, 15) is 0 Å². The van der Waals surface area contributed by atoms with E-state index in [0.29, 0.717) is 12.5 Å². The van der Waals surface area contributed by atoms with E-state index < -0.39 is 0 Å². The Hall–Kier alpha value is -1.20. The Morgan fingerprint density at radius 1 is 1.39 bits per heavy atom. The molecule has 1 aromatic heterocycles. The lowest BCUT2D eigenvalue weighted by Crippen LogP contribution is -2.19. The number of nitrogens with two attached hydrogens (primary N) is 1. The van der Waals surface area contributed by atoms with Crippen LogP contribution in [-0.4, -0.2) is 21.5 Å². The number of rotatable bonds is 5. The van der Waals surface area contributed by atoms with Crippen LogP contribution in [0.1, 0.15) is 11.3 Å². The molecule has 0 spiro atoms. The monoisotopic (exact) mass is 308 g/mol. The van der Waals surface area contributed by atoms with Crippen LogP contribution in [-0.2, 0) is 19.9 Å². The molecule has 0 saturated heterocycles. The molecule has 1 atom stereocenters. The van der Waals surface area contributed by atoms with Crippen LogP contribution in [0.2, 0.25) is 0 Å². The number of benzene rings is 1. The fraction of sp³-hybridized carbons (Fsp3) is 0.385. The normalized spacial score (nSPS) is 12.6. The fourth-order valence-electron chi connectivity index (χ4n) is 2.02. The maximum Gasteiger partial charge on any atom is 0.0830 e. The fourth-order valence-corrected chi connectivity index (χ4v) is 2.47. The molecule has 0 aliphatic rings. The van der Waals surface area contributed by atoms with Gasteiger partial charge < -0.3 is 5.73 Å². The van der Waals surface area contributed by atoms with Gasteiger partial charge in [-0.1, -0.05) is 33.3 Å². The van der Waals surface area contributed by atoms with E-state index in [1.807, 2.05) is 19.3 Å². The summed E-state index contributed by atoms with van der Waals surface area (Å²) in [5.74, 6) is 0.399. The molecule has 0 aliphatic carbocycles. The van der Waals surface area contributed by atoms with Crippen molar-refractivity contribution in [2.75, 3.05) is 6.54 Å². The summed E-state index contributed by atoms with van der Waals surface area (Å²) >= 11 is 3.49. The number of aromatic nitrogens is 3. The molecule has 0 amide bonds. The molecule has 2 N–H and O–H groups in total. The van der Waals surface area contributed by atoms with Crippen LogP contribution in [0, 0.1) is 5.92 Å². The quantitative estimate of drug-likeness (QED) is 0.918. The first-order valence-corrected chi connectivity index (χ1v) is 6.76. The molecule has 0 fully saturated rings. The summed E-state index contributed by atoms with van der Waals surface area (Å²) in [5, 5.41) is 8.05. The molecule has 2 rings (SSSR count). The average Bonchev–Trinajstić information content (AvgIpc) is 2.74. The highest BCUT2D eigenvalue weighted by atomic mass is 79.9. The van der Waals surface area contributed by atoms with Gasteiger partial charge in [0, 0.05) is 17.7 Å². The van der Waals surface area contributed by atoms with E-state index in [1.54, 1.807) is 4.68 Å². The zero-order valence-electron chi connectivity index (χ0n) is 10.4. The van der Waals surface area contributed by atoms with Crippen LogP contribution in [0.3, 0.4) is 0 Å². The Bertz CT molecular complexity index is 509. The van der Waals surface area contributed by atoms with Crippen molar-refractivity contribution in [2.45, 2.75) is 12.8 Å². The lowest BCUT2D eigenvalue weighted by atomic mass is 9.95. The van der Waals surface area contributed by atoms with Crippen LogP contribution in [0.15, 0.2) is 34.9 Å². The summed E-state index contributed by atoms with van der Waals surface area (Å²) in [6, 6.07) is 8.35. The summed E-state index contributed by atoms with van der Waals surface area (Å²) < 4.78 is 2.83. The van der Waals surface area contributed by atoms with Crippen molar-refractivity contribution in [1.29, 1.82) is 0 Å². The van der Waals surface area contributed by atoms with Crippen molar-refractivity contribution in [3.8, 4) is 0 Å². The molecule has 5 heteroatoms. The zero-order chi connectivity index (χ0) is 13.0. The minimum Gasteiger partial charge on any atom is -0.330 e. The number of hydrogen-bond donors (Lipinski definition) is 1. The molecule has 0 saturated carbocycles.